The maximum atomic E-state index is 14.3. The van der Waals surface area contributed by atoms with Crippen LogP contribution >= 0.6 is 0 Å². The van der Waals surface area contributed by atoms with Gasteiger partial charge in [0, 0.05) is 25.4 Å². The van der Waals surface area contributed by atoms with Crippen molar-refractivity contribution in [3.63, 3.8) is 0 Å². The lowest BCUT2D eigenvalue weighted by atomic mass is 10.0. The number of nitrogens with two attached hydrogens (primary N) is 1. The number of carbonyl (C=O) groups is 1. The second-order valence-corrected chi connectivity index (χ2v) is 6.41. The number of carbonyl (C=O) groups excluding carboxylic acids is 1. The number of hydrogen-bond donors (Lipinski definition) is 2. The molecule has 1 unspecified atom stereocenters. The molecular formula is C18H18F2N6O. The van der Waals surface area contributed by atoms with E-state index < -0.39 is 17.5 Å². The van der Waals surface area contributed by atoms with Crippen LogP contribution in [0, 0.1) is 11.6 Å². The van der Waals surface area contributed by atoms with Gasteiger partial charge in [0.25, 0.3) is 5.91 Å². The van der Waals surface area contributed by atoms with Gasteiger partial charge in [-0.05, 0) is 37.1 Å². The first-order valence-corrected chi connectivity index (χ1v) is 8.58. The summed E-state index contributed by atoms with van der Waals surface area (Å²) in [5, 5.41) is 7.06. The Hall–Kier alpha value is -3.23. The summed E-state index contributed by atoms with van der Waals surface area (Å²) < 4.78 is 29.4. The lowest BCUT2D eigenvalue weighted by molar-refractivity contribution is 0.100. The van der Waals surface area contributed by atoms with Crippen molar-refractivity contribution in [2.45, 2.75) is 18.9 Å². The zero-order chi connectivity index (χ0) is 19.1. The molecule has 4 rings (SSSR count). The van der Waals surface area contributed by atoms with Crippen molar-refractivity contribution in [3.05, 3.63) is 53.2 Å². The smallest absolute Gasteiger partial charge is 0.256 e. The summed E-state index contributed by atoms with van der Waals surface area (Å²) in [5.41, 5.74) is 6.28. The fourth-order valence-corrected chi connectivity index (χ4v) is 3.62. The molecule has 1 aliphatic heterocycles. The van der Waals surface area contributed by atoms with Crippen LogP contribution in [-0.2, 0) is 0 Å². The van der Waals surface area contributed by atoms with Crippen LogP contribution in [0.15, 0.2) is 30.5 Å². The highest BCUT2D eigenvalue weighted by Crippen LogP contribution is 2.37. The van der Waals surface area contributed by atoms with Crippen LogP contribution in [-0.4, -0.2) is 34.1 Å². The molecule has 1 atom stereocenters. The average Bonchev–Trinajstić information content (AvgIpc) is 3.27. The van der Waals surface area contributed by atoms with E-state index in [9.17, 15) is 13.6 Å². The highest BCUT2D eigenvalue weighted by molar-refractivity contribution is 6.03. The minimum Gasteiger partial charge on any atom is -0.371 e. The standard InChI is InChI=1S/C18H18F2N6O/c1-22-17-15(16(21)27)18-23-14(6-8-26(18)24-17)25-7-2-3-13(25)11-9-10(19)4-5-12(11)20/h4-6,8-9,13H,2-3,7H2,1H3,(H2,21,27)(H,22,24). The van der Waals surface area contributed by atoms with Gasteiger partial charge in [0.05, 0.1) is 6.04 Å². The first-order chi connectivity index (χ1) is 13.0. The second-order valence-electron chi connectivity index (χ2n) is 6.41. The van der Waals surface area contributed by atoms with Crippen LogP contribution in [0.3, 0.4) is 0 Å². The number of anilines is 2. The van der Waals surface area contributed by atoms with E-state index in [0.29, 0.717) is 35.8 Å². The number of benzene rings is 1. The van der Waals surface area contributed by atoms with E-state index in [-0.39, 0.29) is 11.6 Å². The molecule has 3 N–H and O–H groups in total. The van der Waals surface area contributed by atoms with Crippen LogP contribution in [0.25, 0.3) is 5.65 Å². The Labute approximate surface area is 153 Å². The van der Waals surface area contributed by atoms with Crippen molar-refractivity contribution in [1.29, 1.82) is 0 Å². The fourth-order valence-electron chi connectivity index (χ4n) is 3.62. The van der Waals surface area contributed by atoms with Gasteiger partial charge in [-0.2, -0.15) is 0 Å². The molecule has 7 nitrogen and oxygen atoms in total. The van der Waals surface area contributed by atoms with Gasteiger partial charge in [-0.1, -0.05) is 0 Å². The number of primary amides is 1. The predicted octanol–water partition coefficient (Wildman–Crippen LogP) is 2.49. The number of nitrogens with one attached hydrogen (secondary N) is 1. The molecule has 2 aromatic heterocycles. The molecule has 1 amide bonds. The highest BCUT2D eigenvalue weighted by Gasteiger charge is 2.30. The van der Waals surface area contributed by atoms with Crippen molar-refractivity contribution in [1.82, 2.24) is 14.6 Å². The van der Waals surface area contributed by atoms with E-state index in [2.05, 4.69) is 15.4 Å². The number of fused-ring (bicyclic) bond motifs is 1. The quantitative estimate of drug-likeness (QED) is 0.735. The average molecular weight is 372 g/mol. The molecule has 0 saturated carbocycles. The molecule has 1 saturated heterocycles. The Morgan fingerprint density at radius 2 is 2.15 bits per heavy atom. The Bertz CT molecular complexity index is 1030. The van der Waals surface area contributed by atoms with Crippen molar-refractivity contribution in [3.8, 4) is 0 Å². The van der Waals surface area contributed by atoms with Crippen molar-refractivity contribution < 1.29 is 13.6 Å². The number of aromatic nitrogens is 3. The van der Waals surface area contributed by atoms with Gasteiger partial charge >= 0.3 is 0 Å². The third-order valence-corrected chi connectivity index (χ3v) is 4.82. The van der Waals surface area contributed by atoms with Gasteiger partial charge in [0.15, 0.2) is 11.5 Å². The minimum absolute atomic E-state index is 0.187. The van der Waals surface area contributed by atoms with Crippen molar-refractivity contribution in [2.24, 2.45) is 5.73 Å². The molecule has 3 aromatic rings. The van der Waals surface area contributed by atoms with Gasteiger partial charge < -0.3 is 16.0 Å². The topological polar surface area (TPSA) is 88.6 Å². The first kappa shape index (κ1) is 17.2. The van der Waals surface area contributed by atoms with Gasteiger partial charge in [0.1, 0.15) is 23.0 Å². The van der Waals surface area contributed by atoms with Gasteiger partial charge in [-0.3, -0.25) is 4.79 Å². The van der Waals surface area contributed by atoms with Gasteiger partial charge in [-0.15, -0.1) is 5.10 Å². The molecule has 140 valence electrons. The first-order valence-electron chi connectivity index (χ1n) is 8.58. The maximum Gasteiger partial charge on any atom is 0.256 e. The van der Waals surface area contributed by atoms with E-state index in [1.165, 1.54) is 10.6 Å². The molecule has 1 aromatic carbocycles. The molecule has 0 spiro atoms. The predicted molar refractivity (Wildman–Crippen MR) is 96.7 cm³/mol. The van der Waals surface area contributed by atoms with E-state index in [1.807, 2.05) is 4.90 Å². The zero-order valence-electron chi connectivity index (χ0n) is 14.6. The molecule has 1 aliphatic rings. The number of amides is 1. The monoisotopic (exact) mass is 372 g/mol. The number of rotatable bonds is 4. The summed E-state index contributed by atoms with van der Waals surface area (Å²) in [6, 6.07) is 4.87. The summed E-state index contributed by atoms with van der Waals surface area (Å²) in [6.07, 6.45) is 3.16. The van der Waals surface area contributed by atoms with E-state index in [4.69, 9.17) is 5.73 Å². The largest absolute Gasteiger partial charge is 0.371 e. The minimum atomic E-state index is -0.645. The summed E-state index contributed by atoms with van der Waals surface area (Å²) in [5.74, 6) is -0.686. The molecule has 27 heavy (non-hydrogen) atoms. The summed E-state index contributed by atoms with van der Waals surface area (Å²) in [4.78, 5) is 18.3. The number of nitrogens with zero attached hydrogens (tertiary/aromatic N) is 4. The molecule has 0 bridgehead atoms. The van der Waals surface area contributed by atoms with Gasteiger partial charge in [0.2, 0.25) is 0 Å². The molecule has 9 heteroatoms. The van der Waals surface area contributed by atoms with Gasteiger partial charge in [-0.25, -0.2) is 18.3 Å². The summed E-state index contributed by atoms with van der Waals surface area (Å²) >= 11 is 0. The Morgan fingerprint density at radius 1 is 1.33 bits per heavy atom. The highest BCUT2D eigenvalue weighted by atomic mass is 19.1. The number of hydrogen-bond acceptors (Lipinski definition) is 5. The summed E-state index contributed by atoms with van der Waals surface area (Å²) in [6.45, 7) is 0.642. The van der Waals surface area contributed by atoms with Crippen LogP contribution in [0.1, 0.15) is 34.8 Å². The summed E-state index contributed by atoms with van der Waals surface area (Å²) in [7, 11) is 1.64. The molecule has 0 radical (unpaired) electrons. The van der Waals surface area contributed by atoms with Crippen molar-refractivity contribution in [2.75, 3.05) is 23.8 Å². The molecule has 3 heterocycles. The third kappa shape index (κ3) is 2.84. The van der Waals surface area contributed by atoms with E-state index >= 15 is 0 Å². The molecule has 1 fully saturated rings. The third-order valence-electron chi connectivity index (χ3n) is 4.82. The van der Waals surface area contributed by atoms with E-state index in [0.717, 1.165) is 18.6 Å². The zero-order valence-corrected chi connectivity index (χ0v) is 14.6. The normalized spacial score (nSPS) is 16.9. The van der Waals surface area contributed by atoms with Crippen LogP contribution in [0.5, 0.6) is 0 Å². The Morgan fingerprint density at radius 3 is 2.89 bits per heavy atom. The number of halogens is 2. The van der Waals surface area contributed by atoms with E-state index in [1.54, 1.807) is 19.3 Å². The fraction of sp³-hybridized carbons (Fsp3) is 0.278. The molecular weight excluding hydrogens is 354 g/mol. The Balaban J connectivity index is 1.80. The maximum absolute atomic E-state index is 14.3. The molecule has 0 aliphatic carbocycles. The van der Waals surface area contributed by atoms with Crippen LogP contribution < -0.4 is 16.0 Å². The second kappa shape index (κ2) is 6.49. The Kier molecular flexibility index (Phi) is 4.14. The SMILES string of the molecule is CNc1nn2ccc(N3CCCC3c3cc(F)ccc3F)nc2c1C(N)=O. The lowest BCUT2D eigenvalue weighted by Crippen LogP contribution is -2.25. The lowest BCUT2D eigenvalue weighted by Gasteiger charge is -2.26. The van der Waals surface area contributed by atoms with Crippen LogP contribution in [0.2, 0.25) is 0 Å². The van der Waals surface area contributed by atoms with Crippen LogP contribution in [0.4, 0.5) is 20.4 Å². The van der Waals surface area contributed by atoms with Crippen molar-refractivity contribution >= 4 is 23.2 Å².